The summed E-state index contributed by atoms with van der Waals surface area (Å²) in [6.45, 7) is 0.483. The van der Waals surface area contributed by atoms with E-state index < -0.39 is 0 Å². The molecule has 128 valence electrons. The highest BCUT2D eigenvalue weighted by atomic mass is 79.9. The van der Waals surface area contributed by atoms with Crippen LogP contribution in [0.1, 0.15) is 12.0 Å². The highest BCUT2D eigenvalue weighted by Gasteiger charge is 2.08. The van der Waals surface area contributed by atoms with Crippen molar-refractivity contribution in [2.24, 2.45) is 0 Å². The van der Waals surface area contributed by atoms with Gasteiger partial charge in [0.25, 0.3) is 0 Å². The third-order valence-electron chi connectivity index (χ3n) is 3.19. The minimum absolute atomic E-state index is 0.0667. The van der Waals surface area contributed by atoms with Gasteiger partial charge < -0.3 is 27.3 Å². The van der Waals surface area contributed by atoms with E-state index in [1.807, 2.05) is 0 Å². The molecule has 0 saturated heterocycles. The van der Waals surface area contributed by atoms with Crippen molar-refractivity contribution < 1.29 is 9.53 Å². The normalized spacial score (nSPS) is 10.4. The first-order chi connectivity index (χ1) is 11.5. The number of nitrogens with two attached hydrogens (primary N) is 3. The summed E-state index contributed by atoms with van der Waals surface area (Å²) in [7, 11) is 0. The average Bonchev–Trinajstić information content (AvgIpc) is 2.54. The van der Waals surface area contributed by atoms with Crippen molar-refractivity contribution in [3.8, 4) is 5.75 Å². The molecule has 0 atom stereocenters. The minimum Gasteiger partial charge on any atom is -0.494 e. The molecule has 0 radical (unpaired) electrons. The number of nitrogen functional groups attached to an aromatic ring is 3. The van der Waals surface area contributed by atoms with Gasteiger partial charge in [0.05, 0.1) is 11.9 Å². The van der Waals surface area contributed by atoms with Gasteiger partial charge in [0.1, 0.15) is 17.4 Å². The summed E-state index contributed by atoms with van der Waals surface area (Å²) in [5.41, 5.74) is 18.5. The highest BCUT2D eigenvalue weighted by Crippen LogP contribution is 2.19. The van der Waals surface area contributed by atoms with E-state index in [1.165, 1.54) is 0 Å². The Morgan fingerprint density at radius 3 is 2.33 bits per heavy atom. The Balaban J connectivity index is 1.81. The Kier molecular flexibility index (Phi) is 6.19. The molecule has 0 spiro atoms. The second-order valence-electron chi connectivity index (χ2n) is 4.99. The molecule has 8 nitrogen and oxygen atoms in total. The van der Waals surface area contributed by atoms with Crippen LogP contribution in [0.4, 0.5) is 23.3 Å². The lowest BCUT2D eigenvalue weighted by Gasteiger charge is -2.10. The summed E-state index contributed by atoms with van der Waals surface area (Å²) in [5, 5.41) is 2.99. The van der Waals surface area contributed by atoms with E-state index >= 15 is 0 Å². The SMILES string of the molecule is Nc1nc(N)c(CCCOc2ccc(NC(=O)CBr)cc2)c(N)n1. The number of ether oxygens (including phenoxy) is 1. The number of carbonyl (C=O) groups is 1. The molecule has 0 unspecified atom stereocenters. The van der Waals surface area contributed by atoms with Gasteiger partial charge in [-0.05, 0) is 37.1 Å². The van der Waals surface area contributed by atoms with Gasteiger partial charge in [0, 0.05) is 11.3 Å². The summed E-state index contributed by atoms with van der Waals surface area (Å²) in [5.74, 6) is 1.27. The van der Waals surface area contributed by atoms with E-state index in [-0.39, 0.29) is 17.2 Å². The zero-order valence-electron chi connectivity index (χ0n) is 13.0. The second-order valence-corrected chi connectivity index (χ2v) is 5.55. The zero-order chi connectivity index (χ0) is 17.5. The van der Waals surface area contributed by atoms with E-state index in [0.29, 0.717) is 48.1 Å². The van der Waals surface area contributed by atoms with E-state index in [4.69, 9.17) is 21.9 Å². The number of hydrogen-bond donors (Lipinski definition) is 4. The van der Waals surface area contributed by atoms with Gasteiger partial charge in [-0.1, -0.05) is 15.9 Å². The maximum Gasteiger partial charge on any atom is 0.235 e. The number of aromatic nitrogens is 2. The van der Waals surface area contributed by atoms with Crippen LogP contribution in [-0.2, 0) is 11.2 Å². The molecule has 2 aromatic rings. The molecule has 2 rings (SSSR count). The number of halogens is 1. The topological polar surface area (TPSA) is 142 Å². The second kappa shape index (κ2) is 8.34. The Bertz CT molecular complexity index is 685. The number of alkyl halides is 1. The first kappa shape index (κ1) is 17.8. The zero-order valence-corrected chi connectivity index (χ0v) is 14.5. The Hall–Kier alpha value is -2.55. The number of amides is 1. The summed E-state index contributed by atoms with van der Waals surface area (Å²) >= 11 is 3.09. The van der Waals surface area contributed by atoms with E-state index in [1.54, 1.807) is 24.3 Å². The number of rotatable bonds is 7. The number of nitrogens with zero attached hydrogens (tertiary/aromatic N) is 2. The van der Waals surface area contributed by atoms with Gasteiger partial charge in [-0.25, -0.2) is 0 Å². The van der Waals surface area contributed by atoms with Crippen LogP contribution in [0.2, 0.25) is 0 Å². The molecule has 7 N–H and O–H groups in total. The molecule has 1 aromatic heterocycles. The lowest BCUT2D eigenvalue weighted by molar-refractivity contribution is -0.113. The number of hydrogen-bond acceptors (Lipinski definition) is 7. The molecule has 1 heterocycles. The smallest absolute Gasteiger partial charge is 0.235 e. The first-order valence-corrected chi connectivity index (χ1v) is 8.37. The number of anilines is 4. The van der Waals surface area contributed by atoms with Crippen molar-refractivity contribution in [1.82, 2.24) is 9.97 Å². The van der Waals surface area contributed by atoms with E-state index in [9.17, 15) is 4.79 Å². The van der Waals surface area contributed by atoms with Gasteiger partial charge in [-0.15, -0.1) is 0 Å². The minimum atomic E-state index is -0.107. The van der Waals surface area contributed by atoms with Crippen LogP contribution in [0.25, 0.3) is 0 Å². The van der Waals surface area contributed by atoms with Crippen molar-refractivity contribution in [1.29, 1.82) is 0 Å². The Labute approximate surface area is 147 Å². The fourth-order valence-electron chi connectivity index (χ4n) is 2.06. The van der Waals surface area contributed by atoms with Gasteiger partial charge in [0.15, 0.2) is 0 Å². The van der Waals surface area contributed by atoms with Crippen LogP contribution in [0.3, 0.4) is 0 Å². The molecule has 0 fully saturated rings. The number of nitrogens with one attached hydrogen (secondary N) is 1. The molecule has 0 aliphatic rings. The molecule has 0 aliphatic carbocycles. The van der Waals surface area contributed by atoms with Crippen molar-refractivity contribution >= 4 is 45.1 Å². The van der Waals surface area contributed by atoms with Crippen LogP contribution in [-0.4, -0.2) is 27.8 Å². The van der Waals surface area contributed by atoms with Crippen molar-refractivity contribution in [2.75, 3.05) is 34.5 Å². The summed E-state index contributed by atoms with van der Waals surface area (Å²) < 4.78 is 5.65. The van der Waals surface area contributed by atoms with Gasteiger partial charge in [-0.2, -0.15) is 9.97 Å². The monoisotopic (exact) mass is 394 g/mol. The van der Waals surface area contributed by atoms with Gasteiger partial charge in [0.2, 0.25) is 11.9 Å². The van der Waals surface area contributed by atoms with Crippen LogP contribution in [0.15, 0.2) is 24.3 Å². The molecule has 0 saturated carbocycles. The maximum absolute atomic E-state index is 11.3. The fraction of sp³-hybridized carbons (Fsp3) is 0.267. The predicted octanol–water partition coefficient (Wildman–Crippen LogP) is 1.57. The molecular formula is C15H19BrN6O2. The lowest BCUT2D eigenvalue weighted by Crippen LogP contribution is -2.12. The highest BCUT2D eigenvalue weighted by molar-refractivity contribution is 9.09. The van der Waals surface area contributed by atoms with Gasteiger partial charge in [-0.3, -0.25) is 4.79 Å². The van der Waals surface area contributed by atoms with Crippen molar-refractivity contribution in [3.05, 3.63) is 29.8 Å². The van der Waals surface area contributed by atoms with Crippen molar-refractivity contribution in [2.45, 2.75) is 12.8 Å². The van der Waals surface area contributed by atoms with Crippen LogP contribution >= 0.6 is 15.9 Å². The molecule has 1 aromatic carbocycles. The standard InChI is InChI=1S/C15H19BrN6O2/c16-8-12(23)20-9-3-5-10(6-4-9)24-7-1-2-11-13(17)21-15(19)22-14(11)18/h3-6H,1-2,7-8H2,(H,20,23)(H6,17,18,19,21,22). The van der Waals surface area contributed by atoms with Crippen LogP contribution < -0.4 is 27.3 Å². The lowest BCUT2D eigenvalue weighted by atomic mass is 10.1. The quantitative estimate of drug-likeness (QED) is 0.412. The molecule has 0 aliphatic heterocycles. The average molecular weight is 395 g/mol. The fourth-order valence-corrected chi connectivity index (χ4v) is 2.20. The maximum atomic E-state index is 11.3. The largest absolute Gasteiger partial charge is 0.494 e. The van der Waals surface area contributed by atoms with Crippen LogP contribution in [0.5, 0.6) is 5.75 Å². The molecular weight excluding hydrogens is 376 g/mol. The van der Waals surface area contributed by atoms with Gasteiger partial charge >= 0.3 is 0 Å². The Morgan fingerprint density at radius 2 is 1.75 bits per heavy atom. The van der Waals surface area contributed by atoms with Crippen LogP contribution in [0, 0.1) is 0 Å². The van der Waals surface area contributed by atoms with E-state index in [2.05, 4.69) is 31.2 Å². The summed E-state index contributed by atoms with van der Waals surface area (Å²) in [4.78, 5) is 19.1. The van der Waals surface area contributed by atoms with E-state index in [0.717, 1.165) is 0 Å². The molecule has 1 amide bonds. The molecule has 0 bridgehead atoms. The summed E-state index contributed by atoms with van der Waals surface area (Å²) in [6, 6.07) is 7.14. The Morgan fingerprint density at radius 1 is 1.12 bits per heavy atom. The third kappa shape index (κ3) is 4.98. The first-order valence-electron chi connectivity index (χ1n) is 7.25. The molecule has 24 heavy (non-hydrogen) atoms. The number of carbonyl (C=O) groups excluding carboxylic acids is 1. The molecule has 9 heteroatoms. The third-order valence-corrected chi connectivity index (χ3v) is 3.70. The summed E-state index contributed by atoms with van der Waals surface area (Å²) in [6.07, 6.45) is 1.29. The predicted molar refractivity (Wildman–Crippen MR) is 98.0 cm³/mol. The number of benzene rings is 1. The van der Waals surface area contributed by atoms with Crippen molar-refractivity contribution in [3.63, 3.8) is 0 Å².